The molecule has 3 aliphatic rings. The molecule has 7 heavy (non-hydrogen) atoms. The van der Waals surface area contributed by atoms with Gasteiger partial charge in [0.05, 0.1) is 12.0 Å². The van der Waals surface area contributed by atoms with Gasteiger partial charge in [0.15, 0.2) is 0 Å². The Morgan fingerprint density at radius 3 is 1.86 bits per heavy atom. The standard InChI is InChI=1S/C6H7N/c7-3-6-4-1-5(6)2-4/h4-6H,1-2H2. The second-order valence-electron chi connectivity index (χ2n) is 2.65. The summed E-state index contributed by atoms with van der Waals surface area (Å²) in [5.41, 5.74) is 0. The fraction of sp³-hybridized carbons (Fsp3) is 0.833. The molecule has 0 atom stereocenters. The fourth-order valence-electron chi connectivity index (χ4n) is 1.50. The van der Waals surface area contributed by atoms with Crippen LogP contribution in [0.15, 0.2) is 0 Å². The minimum atomic E-state index is 0.486. The van der Waals surface area contributed by atoms with Crippen molar-refractivity contribution in [2.45, 2.75) is 12.8 Å². The van der Waals surface area contributed by atoms with Crippen molar-refractivity contribution in [2.75, 3.05) is 0 Å². The zero-order valence-corrected chi connectivity index (χ0v) is 4.09. The molecule has 1 heteroatoms. The van der Waals surface area contributed by atoms with E-state index in [0.29, 0.717) is 5.92 Å². The maximum Gasteiger partial charge on any atom is 0.0661 e. The highest BCUT2D eigenvalue weighted by atomic mass is 14.6. The Morgan fingerprint density at radius 2 is 1.86 bits per heavy atom. The van der Waals surface area contributed by atoms with Crippen LogP contribution in [-0.2, 0) is 0 Å². The van der Waals surface area contributed by atoms with Crippen LogP contribution in [-0.4, -0.2) is 0 Å². The Kier molecular flexibility index (Phi) is 0.418. The highest BCUT2D eigenvalue weighted by molar-refractivity contribution is 5.10. The fourth-order valence-corrected chi connectivity index (χ4v) is 1.50. The van der Waals surface area contributed by atoms with E-state index in [1.54, 1.807) is 0 Å². The lowest BCUT2D eigenvalue weighted by Gasteiger charge is -2.54. The van der Waals surface area contributed by atoms with Crippen LogP contribution >= 0.6 is 0 Å². The molecule has 0 heterocycles. The Morgan fingerprint density at radius 1 is 1.29 bits per heavy atom. The van der Waals surface area contributed by atoms with Crippen LogP contribution in [0.25, 0.3) is 0 Å². The lowest BCUT2D eigenvalue weighted by atomic mass is 9.49. The van der Waals surface area contributed by atoms with Gasteiger partial charge in [0.25, 0.3) is 0 Å². The average Bonchev–Trinajstić information content (AvgIpc) is 1.24. The van der Waals surface area contributed by atoms with E-state index >= 15 is 0 Å². The predicted octanol–water partition coefficient (Wildman–Crippen LogP) is 1.17. The molecule has 3 saturated carbocycles. The minimum Gasteiger partial charge on any atom is -0.198 e. The molecule has 0 unspecified atom stereocenters. The van der Waals surface area contributed by atoms with Crippen molar-refractivity contribution in [3.63, 3.8) is 0 Å². The molecule has 2 bridgehead atoms. The number of nitriles is 1. The summed E-state index contributed by atoms with van der Waals surface area (Å²) in [5, 5.41) is 8.34. The van der Waals surface area contributed by atoms with Crippen molar-refractivity contribution < 1.29 is 0 Å². The lowest BCUT2D eigenvalue weighted by Crippen LogP contribution is -2.49. The Bertz CT molecular complexity index is 120. The number of rotatable bonds is 0. The molecule has 3 rings (SSSR count). The first-order chi connectivity index (χ1) is 3.42. The molecule has 0 aromatic carbocycles. The molecule has 0 amide bonds. The monoisotopic (exact) mass is 93.1 g/mol. The summed E-state index contributed by atoms with van der Waals surface area (Å²) in [6.07, 6.45) is 2.72. The minimum absolute atomic E-state index is 0.486. The highest BCUT2D eigenvalue weighted by Crippen LogP contribution is 2.57. The molecule has 0 radical (unpaired) electrons. The zero-order chi connectivity index (χ0) is 4.85. The van der Waals surface area contributed by atoms with Gasteiger partial charge in [-0.2, -0.15) is 5.26 Å². The molecule has 0 aliphatic heterocycles. The third-order valence-electron chi connectivity index (χ3n) is 2.38. The van der Waals surface area contributed by atoms with Crippen LogP contribution in [0.4, 0.5) is 0 Å². The van der Waals surface area contributed by atoms with E-state index in [2.05, 4.69) is 6.07 Å². The van der Waals surface area contributed by atoms with Crippen molar-refractivity contribution in [3.8, 4) is 6.07 Å². The van der Waals surface area contributed by atoms with Gasteiger partial charge in [-0.25, -0.2) is 0 Å². The zero-order valence-electron chi connectivity index (χ0n) is 4.09. The predicted molar refractivity (Wildman–Crippen MR) is 25.3 cm³/mol. The van der Waals surface area contributed by atoms with Gasteiger partial charge in [0, 0.05) is 0 Å². The van der Waals surface area contributed by atoms with Crippen molar-refractivity contribution >= 4 is 0 Å². The summed E-state index contributed by atoms with van der Waals surface area (Å²) < 4.78 is 0. The van der Waals surface area contributed by atoms with Crippen LogP contribution in [0.3, 0.4) is 0 Å². The molecule has 0 N–H and O–H groups in total. The topological polar surface area (TPSA) is 23.8 Å². The molecule has 0 aromatic heterocycles. The van der Waals surface area contributed by atoms with Gasteiger partial charge in [0.2, 0.25) is 0 Å². The number of nitrogens with zero attached hydrogens (tertiary/aromatic N) is 1. The first kappa shape index (κ1) is 3.49. The van der Waals surface area contributed by atoms with E-state index in [1.165, 1.54) is 12.8 Å². The maximum atomic E-state index is 8.34. The van der Waals surface area contributed by atoms with E-state index in [-0.39, 0.29) is 0 Å². The summed E-state index contributed by atoms with van der Waals surface area (Å²) in [6.45, 7) is 0. The van der Waals surface area contributed by atoms with Gasteiger partial charge in [-0.1, -0.05) is 0 Å². The second-order valence-corrected chi connectivity index (χ2v) is 2.65. The Balaban J connectivity index is 2.09. The summed E-state index contributed by atoms with van der Waals surface area (Å²) >= 11 is 0. The molecular formula is C6H7N. The largest absolute Gasteiger partial charge is 0.198 e. The number of hydrogen-bond acceptors (Lipinski definition) is 1. The van der Waals surface area contributed by atoms with Gasteiger partial charge in [0.1, 0.15) is 0 Å². The third kappa shape index (κ3) is 0.219. The summed E-state index contributed by atoms with van der Waals surface area (Å²) in [5.74, 6) is 2.14. The molecule has 3 fully saturated rings. The quantitative estimate of drug-likeness (QED) is 0.441. The molecular weight excluding hydrogens is 86.1 g/mol. The van der Waals surface area contributed by atoms with E-state index in [9.17, 15) is 0 Å². The average molecular weight is 93.1 g/mol. The molecule has 0 spiro atoms. The van der Waals surface area contributed by atoms with Crippen molar-refractivity contribution in [2.24, 2.45) is 17.8 Å². The highest BCUT2D eigenvalue weighted by Gasteiger charge is 2.52. The van der Waals surface area contributed by atoms with Crippen LogP contribution < -0.4 is 0 Å². The molecule has 36 valence electrons. The van der Waals surface area contributed by atoms with Gasteiger partial charge < -0.3 is 0 Å². The van der Waals surface area contributed by atoms with E-state index in [1.807, 2.05) is 0 Å². The summed E-state index contributed by atoms with van der Waals surface area (Å²) in [6, 6.07) is 2.30. The van der Waals surface area contributed by atoms with E-state index in [0.717, 1.165) is 11.8 Å². The lowest BCUT2D eigenvalue weighted by molar-refractivity contribution is -0.0417. The Hall–Kier alpha value is -0.510. The number of hydrogen-bond donors (Lipinski definition) is 0. The van der Waals surface area contributed by atoms with Gasteiger partial charge in [-0.3, -0.25) is 0 Å². The van der Waals surface area contributed by atoms with Crippen LogP contribution in [0.1, 0.15) is 12.8 Å². The van der Waals surface area contributed by atoms with Crippen molar-refractivity contribution in [1.29, 1.82) is 5.26 Å². The maximum absolute atomic E-state index is 8.34. The molecule has 0 aromatic rings. The summed E-state index contributed by atoms with van der Waals surface area (Å²) in [4.78, 5) is 0. The van der Waals surface area contributed by atoms with Crippen molar-refractivity contribution in [1.82, 2.24) is 0 Å². The van der Waals surface area contributed by atoms with Crippen LogP contribution in [0, 0.1) is 29.1 Å². The molecule has 1 nitrogen and oxygen atoms in total. The first-order valence-electron chi connectivity index (χ1n) is 2.81. The van der Waals surface area contributed by atoms with Crippen LogP contribution in [0.2, 0.25) is 0 Å². The SMILES string of the molecule is N#CC1C2CC1C2. The van der Waals surface area contributed by atoms with E-state index < -0.39 is 0 Å². The Labute approximate surface area is 42.9 Å². The summed E-state index contributed by atoms with van der Waals surface area (Å²) in [7, 11) is 0. The van der Waals surface area contributed by atoms with Gasteiger partial charge in [-0.15, -0.1) is 0 Å². The molecule has 3 aliphatic carbocycles. The normalized spacial score (nSPS) is 53.9. The van der Waals surface area contributed by atoms with Gasteiger partial charge >= 0.3 is 0 Å². The van der Waals surface area contributed by atoms with Gasteiger partial charge in [-0.05, 0) is 24.7 Å². The smallest absolute Gasteiger partial charge is 0.0661 e. The van der Waals surface area contributed by atoms with Crippen molar-refractivity contribution in [3.05, 3.63) is 0 Å². The second kappa shape index (κ2) is 0.838. The third-order valence-corrected chi connectivity index (χ3v) is 2.38. The first-order valence-corrected chi connectivity index (χ1v) is 2.81. The van der Waals surface area contributed by atoms with E-state index in [4.69, 9.17) is 5.26 Å². The molecule has 0 saturated heterocycles. The van der Waals surface area contributed by atoms with Crippen LogP contribution in [0.5, 0.6) is 0 Å².